The maximum absolute atomic E-state index is 5.08. The molecule has 0 aromatic carbocycles. The van der Waals surface area contributed by atoms with Crippen molar-refractivity contribution in [3.05, 3.63) is 15.6 Å². The Morgan fingerprint density at radius 3 is 2.70 bits per heavy atom. The van der Waals surface area contributed by atoms with Crippen LogP contribution in [0.4, 0.5) is 0 Å². The molecule has 0 unspecified atom stereocenters. The third-order valence-electron chi connectivity index (χ3n) is 3.48. The summed E-state index contributed by atoms with van der Waals surface area (Å²) < 4.78 is 5.08. The van der Waals surface area contributed by atoms with Crippen molar-refractivity contribution in [2.45, 2.75) is 33.7 Å². The van der Waals surface area contributed by atoms with Gasteiger partial charge in [0.15, 0.2) is 5.96 Å². The predicted molar refractivity (Wildman–Crippen MR) is 98.4 cm³/mol. The number of hydrogen-bond acceptors (Lipinski definition) is 5. The molecule has 0 amide bonds. The highest BCUT2D eigenvalue weighted by atomic mass is 32.1. The summed E-state index contributed by atoms with van der Waals surface area (Å²) in [4.78, 5) is 12.7. The Morgan fingerprint density at radius 2 is 2.09 bits per heavy atom. The first-order valence-electron chi connectivity index (χ1n) is 8.19. The molecule has 0 atom stereocenters. The Hall–Kier alpha value is -1.18. The first kappa shape index (κ1) is 19.9. The zero-order valence-electron chi connectivity index (χ0n) is 15.1. The van der Waals surface area contributed by atoms with Crippen LogP contribution in [0, 0.1) is 13.8 Å². The van der Waals surface area contributed by atoms with Gasteiger partial charge in [-0.2, -0.15) is 0 Å². The molecule has 132 valence electrons. The summed E-state index contributed by atoms with van der Waals surface area (Å²) in [7, 11) is 3.85. The van der Waals surface area contributed by atoms with E-state index in [0.717, 1.165) is 55.9 Å². The standard InChI is InChI=1S/C16H31N5OS/c1-6-17-16(18-8-7-9-21(4)10-11-22-5)19-12-15-20-13(2)14(3)23-15/h6-12H2,1-5H3,(H2,17,18,19). The second-order valence-corrected chi connectivity index (χ2v) is 6.81. The molecule has 0 aliphatic heterocycles. The van der Waals surface area contributed by atoms with E-state index in [2.05, 4.69) is 46.4 Å². The van der Waals surface area contributed by atoms with Crippen molar-refractivity contribution in [1.29, 1.82) is 0 Å². The molecule has 1 aromatic rings. The van der Waals surface area contributed by atoms with E-state index in [9.17, 15) is 0 Å². The summed E-state index contributed by atoms with van der Waals surface area (Å²) in [5.74, 6) is 0.859. The van der Waals surface area contributed by atoms with Gasteiger partial charge in [0, 0.05) is 31.6 Å². The predicted octanol–water partition coefficient (Wildman–Crippen LogP) is 1.78. The van der Waals surface area contributed by atoms with Crippen LogP contribution in [0.25, 0.3) is 0 Å². The maximum Gasteiger partial charge on any atom is 0.191 e. The lowest BCUT2D eigenvalue weighted by Gasteiger charge is -2.16. The first-order chi connectivity index (χ1) is 11.1. The van der Waals surface area contributed by atoms with Gasteiger partial charge in [-0.3, -0.25) is 0 Å². The number of rotatable bonds is 10. The highest BCUT2D eigenvalue weighted by Crippen LogP contribution is 2.16. The number of aromatic nitrogens is 1. The van der Waals surface area contributed by atoms with Crippen molar-refractivity contribution in [2.24, 2.45) is 4.99 Å². The molecule has 0 saturated heterocycles. The molecule has 0 radical (unpaired) electrons. The number of aliphatic imine (C=N–C) groups is 1. The minimum atomic E-state index is 0.627. The Morgan fingerprint density at radius 1 is 1.30 bits per heavy atom. The van der Waals surface area contributed by atoms with Crippen LogP contribution in [0.3, 0.4) is 0 Å². The molecule has 0 bridgehead atoms. The van der Waals surface area contributed by atoms with E-state index >= 15 is 0 Å². The van der Waals surface area contributed by atoms with Crippen LogP contribution in [0.15, 0.2) is 4.99 Å². The number of thiazole rings is 1. The van der Waals surface area contributed by atoms with Crippen LogP contribution in [0.1, 0.15) is 28.9 Å². The third-order valence-corrected chi connectivity index (χ3v) is 4.53. The number of aryl methyl sites for hydroxylation is 2. The summed E-state index contributed by atoms with van der Waals surface area (Å²) in [6.45, 7) is 11.4. The van der Waals surface area contributed by atoms with Crippen molar-refractivity contribution in [1.82, 2.24) is 20.5 Å². The SMILES string of the molecule is CCNC(=NCc1nc(C)c(C)s1)NCCCN(C)CCOC. The number of methoxy groups -OCH3 is 1. The van der Waals surface area contributed by atoms with Gasteiger partial charge >= 0.3 is 0 Å². The molecule has 0 aliphatic rings. The lowest BCUT2D eigenvalue weighted by atomic mass is 10.4. The molecule has 23 heavy (non-hydrogen) atoms. The fraction of sp³-hybridized carbons (Fsp3) is 0.750. The van der Waals surface area contributed by atoms with E-state index in [-0.39, 0.29) is 0 Å². The van der Waals surface area contributed by atoms with Crippen LogP contribution in [0.5, 0.6) is 0 Å². The van der Waals surface area contributed by atoms with Gasteiger partial charge in [-0.25, -0.2) is 9.98 Å². The number of likely N-dealkylation sites (N-methyl/N-ethyl adjacent to an activating group) is 1. The molecule has 1 rings (SSSR count). The second-order valence-electron chi connectivity index (χ2n) is 5.52. The number of nitrogens with one attached hydrogen (secondary N) is 2. The molecule has 0 saturated carbocycles. The minimum Gasteiger partial charge on any atom is -0.383 e. The molecule has 1 heterocycles. The monoisotopic (exact) mass is 341 g/mol. The van der Waals surface area contributed by atoms with E-state index in [0.29, 0.717) is 6.54 Å². The summed E-state index contributed by atoms with van der Waals surface area (Å²) in [5, 5.41) is 7.73. The van der Waals surface area contributed by atoms with Crippen molar-refractivity contribution in [2.75, 3.05) is 46.9 Å². The molecular formula is C16H31N5OS. The minimum absolute atomic E-state index is 0.627. The van der Waals surface area contributed by atoms with Gasteiger partial charge < -0.3 is 20.3 Å². The van der Waals surface area contributed by atoms with E-state index in [4.69, 9.17) is 4.74 Å². The molecule has 1 aromatic heterocycles. The first-order valence-corrected chi connectivity index (χ1v) is 9.01. The van der Waals surface area contributed by atoms with E-state index < -0.39 is 0 Å². The molecule has 0 fully saturated rings. The van der Waals surface area contributed by atoms with Gasteiger partial charge in [0.05, 0.1) is 18.8 Å². The Bertz CT molecular complexity index is 456. The summed E-state index contributed by atoms with van der Waals surface area (Å²) in [5.41, 5.74) is 1.11. The Labute approximate surface area is 144 Å². The lowest BCUT2D eigenvalue weighted by molar-refractivity contribution is 0.161. The Balaban J connectivity index is 2.34. The fourth-order valence-electron chi connectivity index (χ4n) is 2.01. The average molecular weight is 342 g/mol. The molecule has 0 spiro atoms. The van der Waals surface area contributed by atoms with Gasteiger partial charge in [0.25, 0.3) is 0 Å². The number of nitrogens with zero attached hydrogens (tertiary/aromatic N) is 3. The average Bonchev–Trinajstić information content (AvgIpc) is 2.85. The summed E-state index contributed by atoms with van der Waals surface area (Å²) in [6, 6.07) is 0. The van der Waals surface area contributed by atoms with Crippen molar-refractivity contribution in [3.63, 3.8) is 0 Å². The quantitative estimate of drug-likeness (QED) is 0.386. The van der Waals surface area contributed by atoms with Crippen LogP contribution >= 0.6 is 11.3 Å². The molecule has 6 nitrogen and oxygen atoms in total. The highest BCUT2D eigenvalue weighted by molar-refractivity contribution is 7.11. The molecule has 2 N–H and O–H groups in total. The Kier molecular flexibility index (Phi) is 9.82. The van der Waals surface area contributed by atoms with Gasteiger partial charge in [0.1, 0.15) is 5.01 Å². The zero-order chi connectivity index (χ0) is 17.1. The summed E-state index contributed by atoms with van der Waals surface area (Å²) >= 11 is 1.72. The number of hydrogen-bond donors (Lipinski definition) is 2. The van der Waals surface area contributed by atoms with Crippen LogP contribution in [-0.2, 0) is 11.3 Å². The highest BCUT2D eigenvalue weighted by Gasteiger charge is 2.04. The van der Waals surface area contributed by atoms with Crippen molar-refractivity contribution in [3.8, 4) is 0 Å². The van der Waals surface area contributed by atoms with E-state index in [1.165, 1.54) is 4.88 Å². The number of ether oxygens (including phenoxy) is 1. The smallest absolute Gasteiger partial charge is 0.191 e. The van der Waals surface area contributed by atoms with Gasteiger partial charge in [-0.15, -0.1) is 11.3 Å². The van der Waals surface area contributed by atoms with Crippen LogP contribution < -0.4 is 10.6 Å². The van der Waals surface area contributed by atoms with Gasteiger partial charge in [0.2, 0.25) is 0 Å². The third kappa shape index (κ3) is 8.29. The lowest BCUT2D eigenvalue weighted by Crippen LogP contribution is -2.38. The second kappa shape index (κ2) is 11.4. The van der Waals surface area contributed by atoms with E-state index in [1.807, 2.05) is 6.92 Å². The van der Waals surface area contributed by atoms with E-state index in [1.54, 1.807) is 18.4 Å². The topological polar surface area (TPSA) is 61.8 Å². The molecule has 7 heteroatoms. The normalized spacial score (nSPS) is 12.0. The van der Waals surface area contributed by atoms with Gasteiger partial charge in [-0.1, -0.05) is 0 Å². The summed E-state index contributed by atoms with van der Waals surface area (Å²) in [6.07, 6.45) is 1.07. The molecular weight excluding hydrogens is 310 g/mol. The number of guanidine groups is 1. The van der Waals surface area contributed by atoms with Crippen LogP contribution in [0.2, 0.25) is 0 Å². The largest absolute Gasteiger partial charge is 0.383 e. The van der Waals surface area contributed by atoms with Gasteiger partial charge in [-0.05, 0) is 40.8 Å². The van der Waals surface area contributed by atoms with Crippen LogP contribution in [-0.4, -0.2) is 62.8 Å². The maximum atomic E-state index is 5.08. The zero-order valence-corrected chi connectivity index (χ0v) is 15.9. The molecule has 0 aliphatic carbocycles. The fourth-order valence-corrected chi connectivity index (χ4v) is 2.87. The van der Waals surface area contributed by atoms with Crippen molar-refractivity contribution < 1.29 is 4.74 Å². The van der Waals surface area contributed by atoms with Crippen molar-refractivity contribution >= 4 is 17.3 Å².